The second-order valence-electron chi connectivity index (χ2n) is 14.1. The molecule has 7 rings (SSSR count). The molecule has 0 aliphatic carbocycles. The summed E-state index contributed by atoms with van der Waals surface area (Å²) < 4.78 is 5.65. The van der Waals surface area contributed by atoms with Crippen molar-refractivity contribution >= 4 is 97.0 Å². The summed E-state index contributed by atoms with van der Waals surface area (Å²) in [4.78, 5) is 8.82. The Morgan fingerprint density at radius 3 is 1.18 bits per heavy atom. The van der Waals surface area contributed by atoms with Crippen LogP contribution in [0.1, 0.15) is 126 Å². The summed E-state index contributed by atoms with van der Waals surface area (Å²) >= 11 is 9.92. The third-order valence-electron chi connectivity index (χ3n) is 10.1. The molecule has 0 aliphatic heterocycles. The van der Waals surface area contributed by atoms with Crippen LogP contribution >= 0.6 is 56.7 Å². The molecule has 0 amide bonds. The standard InChI is InChI=1S/C44H52S5/c1-3-5-7-9-11-13-15-17-19-33-21-23-37(45-33)43-27-31-25-41-35(29-39(31)47-43)36-30-40-32(26-42(36)49-41)28-44(48-40)38-24-22-34(46-38)20-18-16-14-12-10-8-6-4-2/h21-30H,3-20H2,1-2H3. The van der Waals surface area contributed by atoms with E-state index in [9.17, 15) is 0 Å². The maximum absolute atomic E-state index is 2.48. The average molecular weight is 741 g/mol. The number of unbranched alkanes of at least 4 members (excludes halogenated alkanes) is 14. The Balaban J connectivity index is 0.995. The average Bonchev–Trinajstić information content (AvgIpc) is 3.94. The highest BCUT2D eigenvalue weighted by atomic mass is 32.1. The molecule has 5 heteroatoms. The molecule has 0 atom stereocenters. The number of aryl methyl sites for hydroxylation is 2. The van der Waals surface area contributed by atoms with Crippen LogP contribution in [-0.2, 0) is 12.8 Å². The number of benzene rings is 2. The molecule has 7 aromatic rings. The number of hydrogen-bond acceptors (Lipinski definition) is 5. The van der Waals surface area contributed by atoms with Gasteiger partial charge >= 0.3 is 0 Å². The molecule has 5 aromatic heterocycles. The highest BCUT2D eigenvalue weighted by Gasteiger charge is 2.14. The lowest BCUT2D eigenvalue weighted by Gasteiger charge is -2.00. The van der Waals surface area contributed by atoms with Gasteiger partial charge < -0.3 is 0 Å². The van der Waals surface area contributed by atoms with Crippen molar-refractivity contribution in [3.8, 4) is 19.5 Å². The third-order valence-corrected chi connectivity index (χ3v) is 16.1. The summed E-state index contributed by atoms with van der Waals surface area (Å²) in [5.74, 6) is 0. The maximum Gasteiger partial charge on any atom is 0.0455 e. The lowest BCUT2D eigenvalue weighted by molar-refractivity contribution is 0.576. The zero-order valence-electron chi connectivity index (χ0n) is 29.5. The van der Waals surface area contributed by atoms with Crippen LogP contribution in [0.5, 0.6) is 0 Å². The summed E-state index contributed by atoms with van der Waals surface area (Å²) in [6.45, 7) is 4.60. The van der Waals surface area contributed by atoms with Gasteiger partial charge in [0.15, 0.2) is 0 Å². The van der Waals surface area contributed by atoms with Crippen molar-refractivity contribution in [2.24, 2.45) is 0 Å². The summed E-state index contributed by atoms with van der Waals surface area (Å²) in [6, 6.07) is 24.2. The summed E-state index contributed by atoms with van der Waals surface area (Å²) in [5, 5.41) is 5.62. The second-order valence-corrected chi connectivity index (χ2v) is 19.7. The maximum atomic E-state index is 2.48. The molecule has 0 saturated heterocycles. The zero-order valence-corrected chi connectivity index (χ0v) is 33.6. The minimum atomic E-state index is 1.23. The molecule has 0 N–H and O–H groups in total. The van der Waals surface area contributed by atoms with E-state index in [1.165, 1.54) is 175 Å². The summed E-state index contributed by atoms with van der Waals surface area (Å²) in [7, 11) is 0. The topological polar surface area (TPSA) is 0 Å². The second kappa shape index (κ2) is 17.5. The van der Waals surface area contributed by atoms with Crippen LogP contribution in [0.3, 0.4) is 0 Å². The Morgan fingerprint density at radius 1 is 0.347 bits per heavy atom. The van der Waals surface area contributed by atoms with Gasteiger partial charge in [0.05, 0.1) is 0 Å². The molecule has 5 heterocycles. The predicted molar refractivity (Wildman–Crippen MR) is 229 cm³/mol. The number of fused-ring (bicyclic) bond motifs is 5. The van der Waals surface area contributed by atoms with Crippen molar-refractivity contribution in [1.29, 1.82) is 0 Å². The number of hydrogen-bond donors (Lipinski definition) is 0. The van der Waals surface area contributed by atoms with E-state index in [2.05, 4.69) is 74.5 Å². The first kappa shape index (κ1) is 35.4. The molecule has 258 valence electrons. The quantitative estimate of drug-likeness (QED) is 0.0683. The molecule has 0 fully saturated rings. The molecule has 49 heavy (non-hydrogen) atoms. The van der Waals surface area contributed by atoms with Gasteiger partial charge in [-0.05, 0) is 97.1 Å². The Morgan fingerprint density at radius 2 is 0.755 bits per heavy atom. The van der Waals surface area contributed by atoms with E-state index in [0.717, 1.165) is 0 Å². The first-order chi connectivity index (χ1) is 24.2. The van der Waals surface area contributed by atoms with Crippen molar-refractivity contribution in [2.75, 3.05) is 0 Å². The lowest BCUT2D eigenvalue weighted by atomic mass is 10.1. The van der Waals surface area contributed by atoms with Crippen molar-refractivity contribution in [3.63, 3.8) is 0 Å². The molecule has 0 unspecified atom stereocenters. The minimum Gasteiger partial charge on any atom is -0.139 e. The van der Waals surface area contributed by atoms with E-state index in [4.69, 9.17) is 0 Å². The van der Waals surface area contributed by atoms with Crippen LogP contribution in [0.4, 0.5) is 0 Å². The van der Waals surface area contributed by atoms with E-state index in [1.807, 2.05) is 56.7 Å². The van der Waals surface area contributed by atoms with Crippen LogP contribution in [0.2, 0.25) is 0 Å². The SMILES string of the molecule is CCCCCCCCCCc1ccc(-c2cc3cc4sc5cc6cc(-c7ccc(CCCCCCCCCC)s7)sc6cc5c4cc3s2)s1. The van der Waals surface area contributed by atoms with Gasteiger partial charge in [0.2, 0.25) is 0 Å². The minimum absolute atomic E-state index is 1.23. The van der Waals surface area contributed by atoms with E-state index in [0.29, 0.717) is 0 Å². The van der Waals surface area contributed by atoms with Gasteiger partial charge in [-0.25, -0.2) is 0 Å². The van der Waals surface area contributed by atoms with E-state index < -0.39 is 0 Å². The predicted octanol–water partition coefficient (Wildman–Crippen LogP) is 17.3. The van der Waals surface area contributed by atoms with E-state index >= 15 is 0 Å². The molecule has 0 radical (unpaired) electrons. The third kappa shape index (κ3) is 8.90. The fraction of sp³-hybridized carbons (Fsp3) is 0.455. The van der Waals surface area contributed by atoms with Gasteiger partial charge in [-0.3, -0.25) is 0 Å². The molecule has 0 saturated carbocycles. The van der Waals surface area contributed by atoms with Crippen LogP contribution in [-0.4, -0.2) is 0 Å². The first-order valence-corrected chi connectivity index (χ1v) is 23.3. The van der Waals surface area contributed by atoms with Gasteiger partial charge in [0.1, 0.15) is 0 Å². The van der Waals surface area contributed by atoms with Crippen LogP contribution < -0.4 is 0 Å². The van der Waals surface area contributed by atoms with E-state index in [1.54, 1.807) is 9.75 Å². The molecule has 0 spiro atoms. The zero-order chi connectivity index (χ0) is 33.4. The van der Waals surface area contributed by atoms with E-state index in [-0.39, 0.29) is 0 Å². The van der Waals surface area contributed by atoms with Gasteiger partial charge in [0, 0.05) is 58.8 Å². The number of rotatable bonds is 20. The van der Waals surface area contributed by atoms with Gasteiger partial charge in [-0.2, -0.15) is 0 Å². The monoisotopic (exact) mass is 740 g/mol. The molecular formula is C44H52S5. The number of thiophene rings is 5. The molecular weight excluding hydrogens is 689 g/mol. The van der Waals surface area contributed by atoms with Crippen LogP contribution in [0.25, 0.3) is 59.9 Å². The first-order valence-electron chi connectivity index (χ1n) is 19.2. The fourth-order valence-corrected chi connectivity index (χ4v) is 12.8. The fourth-order valence-electron chi connectivity index (χ4n) is 7.24. The summed E-state index contributed by atoms with van der Waals surface area (Å²) in [6.07, 6.45) is 24.7. The smallest absolute Gasteiger partial charge is 0.0455 e. The molecule has 0 aliphatic rings. The normalized spacial score (nSPS) is 12.1. The van der Waals surface area contributed by atoms with Crippen molar-refractivity contribution in [2.45, 2.75) is 129 Å². The molecule has 2 aromatic carbocycles. The van der Waals surface area contributed by atoms with Crippen molar-refractivity contribution < 1.29 is 0 Å². The Hall–Kier alpha value is -2.02. The largest absolute Gasteiger partial charge is 0.139 e. The Kier molecular flexibility index (Phi) is 12.6. The highest BCUT2D eigenvalue weighted by molar-refractivity contribution is 7.28. The highest BCUT2D eigenvalue weighted by Crippen LogP contribution is 2.45. The summed E-state index contributed by atoms with van der Waals surface area (Å²) in [5.41, 5.74) is 0. The van der Waals surface area contributed by atoms with Crippen molar-refractivity contribution in [1.82, 2.24) is 0 Å². The van der Waals surface area contributed by atoms with Gasteiger partial charge in [-0.1, -0.05) is 104 Å². The molecule has 0 nitrogen and oxygen atoms in total. The Bertz CT molecular complexity index is 1930. The van der Waals surface area contributed by atoms with Crippen molar-refractivity contribution in [3.05, 3.63) is 70.4 Å². The van der Waals surface area contributed by atoms with Gasteiger partial charge in [-0.15, -0.1) is 56.7 Å². The molecule has 0 bridgehead atoms. The van der Waals surface area contributed by atoms with Crippen LogP contribution in [0.15, 0.2) is 60.7 Å². The lowest BCUT2D eigenvalue weighted by Crippen LogP contribution is -1.83. The Labute approximate surface area is 314 Å². The van der Waals surface area contributed by atoms with Gasteiger partial charge in [0.25, 0.3) is 0 Å². The van der Waals surface area contributed by atoms with Crippen LogP contribution in [0, 0.1) is 0 Å².